The number of hydrogen-bond acceptors (Lipinski definition) is 6. The van der Waals surface area contributed by atoms with E-state index in [0.717, 1.165) is 5.57 Å². The van der Waals surface area contributed by atoms with E-state index in [9.17, 15) is 4.79 Å². The lowest BCUT2D eigenvalue weighted by atomic mass is 10.3. The average molecular weight is 281 g/mol. The second kappa shape index (κ2) is 6.98. The zero-order valence-corrected chi connectivity index (χ0v) is 12.0. The molecule has 0 fully saturated rings. The standard InChI is InChI=1S/C12H19N5OS/c1-4-17(6-8(2)3)11(18)7-19-12-15-9(13)5-10(14)16-12/h5H,2,4,6-7H2,1,3H3,(H4,13,14,15,16). The number of aromatic nitrogens is 2. The van der Waals surface area contributed by atoms with E-state index in [2.05, 4.69) is 16.5 Å². The Kier molecular flexibility index (Phi) is 5.62. The molecule has 1 aromatic heterocycles. The summed E-state index contributed by atoms with van der Waals surface area (Å²) in [4.78, 5) is 21.8. The third-order valence-electron chi connectivity index (χ3n) is 2.27. The number of anilines is 2. The fourth-order valence-corrected chi connectivity index (χ4v) is 2.22. The number of hydrogen-bond donors (Lipinski definition) is 2. The van der Waals surface area contributed by atoms with E-state index in [0.29, 0.717) is 29.9 Å². The van der Waals surface area contributed by atoms with Crippen LogP contribution in [0.25, 0.3) is 0 Å². The van der Waals surface area contributed by atoms with Crippen LogP contribution in [0.1, 0.15) is 13.8 Å². The molecular weight excluding hydrogens is 262 g/mol. The van der Waals surface area contributed by atoms with E-state index in [1.54, 1.807) is 4.90 Å². The van der Waals surface area contributed by atoms with Gasteiger partial charge in [0, 0.05) is 19.2 Å². The normalized spacial score (nSPS) is 10.2. The second-order valence-corrected chi connectivity index (χ2v) is 5.10. The molecule has 104 valence electrons. The van der Waals surface area contributed by atoms with Crippen LogP contribution in [0.3, 0.4) is 0 Å². The number of nitrogens with two attached hydrogens (primary N) is 2. The quantitative estimate of drug-likeness (QED) is 0.461. The number of thioether (sulfide) groups is 1. The molecule has 6 nitrogen and oxygen atoms in total. The predicted octanol–water partition coefficient (Wildman–Crippen LogP) is 1.16. The van der Waals surface area contributed by atoms with Crippen molar-refractivity contribution in [3.63, 3.8) is 0 Å². The van der Waals surface area contributed by atoms with Crippen molar-refractivity contribution in [1.82, 2.24) is 14.9 Å². The van der Waals surface area contributed by atoms with Crippen molar-refractivity contribution in [2.75, 3.05) is 30.3 Å². The Balaban J connectivity index is 2.59. The lowest BCUT2D eigenvalue weighted by Crippen LogP contribution is -2.33. The fourth-order valence-electron chi connectivity index (χ4n) is 1.45. The van der Waals surface area contributed by atoms with E-state index < -0.39 is 0 Å². The maximum atomic E-state index is 12.0. The zero-order valence-electron chi connectivity index (χ0n) is 11.2. The molecule has 0 radical (unpaired) electrons. The first-order valence-corrected chi connectivity index (χ1v) is 6.86. The van der Waals surface area contributed by atoms with Gasteiger partial charge in [-0.2, -0.15) is 0 Å². The molecule has 0 bridgehead atoms. The van der Waals surface area contributed by atoms with Crippen LogP contribution in [0, 0.1) is 0 Å². The molecule has 1 rings (SSSR count). The van der Waals surface area contributed by atoms with Gasteiger partial charge in [0.2, 0.25) is 5.91 Å². The van der Waals surface area contributed by atoms with Crippen LogP contribution in [0.2, 0.25) is 0 Å². The van der Waals surface area contributed by atoms with Crippen LogP contribution < -0.4 is 11.5 Å². The number of likely N-dealkylation sites (N-methyl/N-ethyl adjacent to an activating group) is 1. The second-order valence-electron chi connectivity index (χ2n) is 4.15. The van der Waals surface area contributed by atoms with Crippen molar-refractivity contribution >= 4 is 29.3 Å². The smallest absolute Gasteiger partial charge is 0.233 e. The first-order chi connectivity index (χ1) is 8.92. The minimum atomic E-state index is 0.0140. The molecule has 1 heterocycles. The molecule has 0 unspecified atom stereocenters. The summed E-state index contributed by atoms with van der Waals surface area (Å²) >= 11 is 1.22. The van der Waals surface area contributed by atoms with Gasteiger partial charge in [-0.15, -0.1) is 0 Å². The van der Waals surface area contributed by atoms with Gasteiger partial charge in [0.1, 0.15) is 11.6 Å². The molecule has 1 amide bonds. The molecular formula is C12H19N5OS. The van der Waals surface area contributed by atoms with Crippen molar-refractivity contribution in [3.8, 4) is 0 Å². The van der Waals surface area contributed by atoms with Crippen molar-refractivity contribution in [2.45, 2.75) is 19.0 Å². The largest absolute Gasteiger partial charge is 0.383 e. The molecule has 0 aliphatic heterocycles. The van der Waals surface area contributed by atoms with E-state index in [4.69, 9.17) is 11.5 Å². The highest BCUT2D eigenvalue weighted by Gasteiger charge is 2.13. The lowest BCUT2D eigenvalue weighted by molar-refractivity contribution is -0.127. The Morgan fingerprint density at radius 3 is 2.47 bits per heavy atom. The first kappa shape index (κ1) is 15.3. The van der Waals surface area contributed by atoms with Gasteiger partial charge in [0.15, 0.2) is 5.16 Å². The molecule has 0 aromatic carbocycles. The van der Waals surface area contributed by atoms with Gasteiger partial charge in [0.05, 0.1) is 5.75 Å². The summed E-state index contributed by atoms with van der Waals surface area (Å²) in [6, 6.07) is 1.48. The Hall–Kier alpha value is -1.76. The summed E-state index contributed by atoms with van der Waals surface area (Å²) in [6.07, 6.45) is 0. The number of carbonyl (C=O) groups is 1. The zero-order chi connectivity index (χ0) is 14.4. The highest BCUT2D eigenvalue weighted by molar-refractivity contribution is 7.99. The summed E-state index contributed by atoms with van der Waals surface area (Å²) < 4.78 is 0. The maximum absolute atomic E-state index is 12.0. The number of nitrogens with zero attached hydrogens (tertiary/aromatic N) is 3. The molecule has 0 aliphatic carbocycles. The van der Waals surface area contributed by atoms with E-state index >= 15 is 0 Å². The molecule has 0 atom stereocenters. The topological polar surface area (TPSA) is 98.1 Å². The van der Waals surface area contributed by atoms with Gasteiger partial charge < -0.3 is 16.4 Å². The maximum Gasteiger partial charge on any atom is 0.233 e. The highest BCUT2D eigenvalue weighted by atomic mass is 32.2. The van der Waals surface area contributed by atoms with Crippen molar-refractivity contribution in [2.24, 2.45) is 0 Å². The lowest BCUT2D eigenvalue weighted by Gasteiger charge is -2.20. The van der Waals surface area contributed by atoms with Crippen LogP contribution in [0.5, 0.6) is 0 Å². The van der Waals surface area contributed by atoms with Gasteiger partial charge in [-0.25, -0.2) is 9.97 Å². The molecule has 1 aromatic rings. The SMILES string of the molecule is C=C(C)CN(CC)C(=O)CSc1nc(N)cc(N)n1. The Bertz CT molecular complexity index is 457. The van der Waals surface area contributed by atoms with Crippen molar-refractivity contribution < 1.29 is 4.79 Å². The molecule has 0 spiro atoms. The fraction of sp³-hybridized carbons (Fsp3) is 0.417. The number of amides is 1. The van der Waals surface area contributed by atoms with Crippen LogP contribution >= 0.6 is 11.8 Å². The summed E-state index contributed by atoms with van der Waals surface area (Å²) in [5.74, 6) is 0.873. The molecule has 0 aliphatic rings. The van der Waals surface area contributed by atoms with E-state index in [-0.39, 0.29) is 11.7 Å². The summed E-state index contributed by atoms with van der Waals surface area (Å²) in [5, 5.41) is 0.414. The third-order valence-corrected chi connectivity index (χ3v) is 3.10. The molecule has 0 saturated heterocycles. The number of nitrogen functional groups attached to an aromatic ring is 2. The van der Waals surface area contributed by atoms with Crippen molar-refractivity contribution in [1.29, 1.82) is 0 Å². The van der Waals surface area contributed by atoms with Crippen LogP contribution in [0.15, 0.2) is 23.4 Å². The third kappa shape index (κ3) is 5.17. The summed E-state index contributed by atoms with van der Waals surface area (Å²) in [6.45, 7) is 8.84. The first-order valence-electron chi connectivity index (χ1n) is 5.87. The molecule has 19 heavy (non-hydrogen) atoms. The van der Waals surface area contributed by atoms with Gasteiger partial charge in [-0.1, -0.05) is 23.9 Å². The highest BCUT2D eigenvalue weighted by Crippen LogP contribution is 2.16. The minimum absolute atomic E-state index is 0.0140. The van der Waals surface area contributed by atoms with Crippen LogP contribution in [-0.4, -0.2) is 39.6 Å². The predicted molar refractivity (Wildman–Crippen MR) is 78.6 cm³/mol. The van der Waals surface area contributed by atoms with Gasteiger partial charge in [0.25, 0.3) is 0 Å². The van der Waals surface area contributed by atoms with E-state index in [1.165, 1.54) is 17.8 Å². The minimum Gasteiger partial charge on any atom is -0.383 e. The van der Waals surface area contributed by atoms with Crippen LogP contribution in [0.4, 0.5) is 11.6 Å². The van der Waals surface area contributed by atoms with E-state index in [1.807, 2.05) is 13.8 Å². The Labute approximate surface area is 117 Å². The van der Waals surface area contributed by atoms with Gasteiger partial charge in [-0.3, -0.25) is 4.79 Å². The molecule has 4 N–H and O–H groups in total. The molecule has 0 saturated carbocycles. The Morgan fingerprint density at radius 2 is 2.00 bits per heavy atom. The number of carbonyl (C=O) groups excluding carboxylic acids is 1. The van der Waals surface area contributed by atoms with Gasteiger partial charge in [-0.05, 0) is 13.8 Å². The van der Waals surface area contributed by atoms with Crippen molar-refractivity contribution in [3.05, 3.63) is 18.2 Å². The monoisotopic (exact) mass is 281 g/mol. The Morgan fingerprint density at radius 1 is 1.42 bits per heavy atom. The van der Waals surface area contributed by atoms with Crippen LogP contribution in [-0.2, 0) is 4.79 Å². The molecule has 7 heteroatoms. The van der Waals surface area contributed by atoms with Gasteiger partial charge >= 0.3 is 0 Å². The number of rotatable bonds is 6. The summed E-state index contributed by atoms with van der Waals surface area (Å²) in [5.41, 5.74) is 12.1. The summed E-state index contributed by atoms with van der Waals surface area (Å²) in [7, 11) is 0. The average Bonchev–Trinajstić information content (AvgIpc) is 2.31.